The van der Waals surface area contributed by atoms with Crippen molar-refractivity contribution in [2.24, 2.45) is 0 Å². The van der Waals surface area contributed by atoms with Gasteiger partial charge >= 0.3 is 0 Å². The van der Waals surface area contributed by atoms with Crippen LogP contribution in [0.4, 0.5) is 0 Å². The standard InChI is InChI=1S/C55H35N3S/c1-3-14-36(15-4-1)37-26-30-40(31-27-37)53-56-54(58-55(57-53)44-20-13-19-42(34-44)46-22-10-9-21-45(46)38-16-5-2-6-17-38)41-32-28-39(29-33-41)51-47-23-8-7-18-43(47)35-50-52(51)48-24-11-12-25-49(48)59-50/h1-35H. The third-order valence-electron chi connectivity index (χ3n) is 11.2. The van der Waals surface area contributed by atoms with Crippen LogP contribution >= 0.6 is 11.3 Å². The predicted molar refractivity (Wildman–Crippen MR) is 248 cm³/mol. The number of hydrogen-bond acceptors (Lipinski definition) is 4. The van der Waals surface area contributed by atoms with Gasteiger partial charge in [-0.3, -0.25) is 0 Å². The Morgan fingerprint density at radius 3 is 1.46 bits per heavy atom. The van der Waals surface area contributed by atoms with Gasteiger partial charge in [0.05, 0.1) is 0 Å². The molecule has 0 N–H and O–H groups in total. The largest absolute Gasteiger partial charge is 0.208 e. The zero-order valence-electron chi connectivity index (χ0n) is 32.0. The summed E-state index contributed by atoms with van der Waals surface area (Å²) in [7, 11) is 0. The summed E-state index contributed by atoms with van der Waals surface area (Å²) in [4.78, 5) is 15.5. The second-order valence-corrected chi connectivity index (χ2v) is 15.8. The zero-order valence-corrected chi connectivity index (χ0v) is 32.8. The molecule has 0 aliphatic heterocycles. The Labute approximate surface area is 346 Å². The van der Waals surface area contributed by atoms with Gasteiger partial charge in [0, 0.05) is 36.9 Å². The molecule has 4 heteroatoms. The molecule has 0 saturated carbocycles. The first kappa shape index (κ1) is 34.7. The molecule has 0 aliphatic rings. The van der Waals surface area contributed by atoms with Crippen LogP contribution in [0.3, 0.4) is 0 Å². The van der Waals surface area contributed by atoms with Crippen molar-refractivity contribution >= 4 is 42.3 Å². The minimum Gasteiger partial charge on any atom is -0.208 e. The lowest BCUT2D eigenvalue weighted by atomic mass is 9.93. The Balaban J connectivity index is 1.04. The van der Waals surface area contributed by atoms with Crippen LogP contribution < -0.4 is 0 Å². The molecule has 59 heavy (non-hydrogen) atoms. The van der Waals surface area contributed by atoms with E-state index in [0.717, 1.165) is 38.9 Å². The van der Waals surface area contributed by atoms with E-state index in [4.69, 9.17) is 15.0 Å². The number of rotatable bonds is 7. The average molecular weight is 770 g/mol. The highest BCUT2D eigenvalue weighted by Crippen LogP contribution is 2.44. The lowest BCUT2D eigenvalue weighted by Gasteiger charge is -2.13. The highest BCUT2D eigenvalue weighted by atomic mass is 32.1. The number of thiophene rings is 1. The number of aromatic nitrogens is 3. The van der Waals surface area contributed by atoms with Crippen LogP contribution in [0.15, 0.2) is 212 Å². The average Bonchev–Trinajstić information content (AvgIpc) is 3.69. The van der Waals surface area contributed by atoms with Crippen LogP contribution in [0.1, 0.15) is 0 Å². The Morgan fingerprint density at radius 2 is 0.763 bits per heavy atom. The van der Waals surface area contributed by atoms with Crippen molar-refractivity contribution in [2.45, 2.75) is 0 Å². The molecular weight excluding hydrogens is 735 g/mol. The summed E-state index contributed by atoms with van der Waals surface area (Å²) in [5, 5.41) is 5.07. The second-order valence-electron chi connectivity index (χ2n) is 14.8. The van der Waals surface area contributed by atoms with Gasteiger partial charge in [0.25, 0.3) is 0 Å². The van der Waals surface area contributed by atoms with Crippen LogP contribution in [0.5, 0.6) is 0 Å². The van der Waals surface area contributed by atoms with Gasteiger partial charge in [-0.25, -0.2) is 15.0 Å². The predicted octanol–water partition coefficient (Wildman–Crippen LogP) is 15.1. The van der Waals surface area contributed by atoms with Gasteiger partial charge in [0.1, 0.15) is 0 Å². The van der Waals surface area contributed by atoms with Crippen molar-refractivity contribution in [3.63, 3.8) is 0 Å². The minimum atomic E-state index is 0.626. The molecular formula is C55H35N3S. The minimum absolute atomic E-state index is 0.626. The SMILES string of the molecule is c1ccc(-c2ccc(-c3nc(-c4ccc(-c5c6ccccc6cc6sc7ccccc7c56)cc4)nc(-c4cccc(-c5ccccc5-c5ccccc5)c4)n3)cc2)cc1. The molecule has 0 spiro atoms. The van der Waals surface area contributed by atoms with E-state index in [-0.39, 0.29) is 0 Å². The Bertz CT molecular complexity index is 3300. The smallest absolute Gasteiger partial charge is 0.164 e. The molecule has 0 bridgehead atoms. The fourth-order valence-corrected chi connectivity index (χ4v) is 9.44. The number of nitrogens with zero attached hydrogens (tertiary/aromatic N) is 3. The maximum atomic E-state index is 5.19. The third-order valence-corrected chi connectivity index (χ3v) is 12.3. The molecule has 0 aliphatic carbocycles. The Kier molecular flexibility index (Phi) is 8.68. The van der Waals surface area contributed by atoms with E-state index < -0.39 is 0 Å². The second kappa shape index (κ2) is 14.8. The van der Waals surface area contributed by atoms with Crippen LogP contribution in [0, 0.1) is 0 Å². The summed E-state index contributed by atoms with van der Waals surface area (Å²) >= 11 is 1.86. The summed E-state index contributed by atoms with van der Waals surface area (Å²) in [5.74, 6) is 1.88. The normalized spacial score (nSPS) is 11.4. The summed E-state index contributed by atoms with van der Waals surface area (Å²) < 4.78 is 2.59. The van der Waals surface area contributed by atoms with E-state index in [1.807, 2.05) is 17.4 Å². The molecule has 0 amide bonds. The van der Waals surface area contributed by atoms with Gasteiger partial charge in [0.2, 0.25) is 0 Å². The van der Waals surface area contributed by atoms with Gasteiger partial charge in [-0.15, -0.1) is 11.3 Å². The van der Waals surface area contributed by atoms with E-state index in [1.165, 1.54) is 53.2 Å². The van der Waals surface area contributed by atoms with Crippen molar-refractivity contribution in [2.75, 3.05) is 0 Å². The van der Waals surface area contributed by atoms with Crippen molar-refractivity contribution in [3.8, 4) is 78.7 Å². The van der Waals surface area contributed by atoms with Crippen LogP contribution in [-0.2, 0) is 0 Å². The fraction of sp³-hybridized carbons (Fsp3) is 0. The van der Waals surface area contributed by atoms with E-state index in [0.29, 0.717) is 17.5 Å². The first-order chi connectivity index (χ1) is 29.2. The number of hydrogen-bond donors (Lipinski definition) is 0. The quantitative estimate of drug-likeness (QED) is 0.162. The molecule has 2 heterocycles. The molecule has 0 saturated heterocycles. The summed E-state index contributed by atoms with van der Waals surface area (Å²) in [5.41, 5.74) is 12.1. The molecule has 11 rings (SSSR count). The van der Waals surface area contributed by atoms with E-state index in [9.17, 15) is 0 Å². The van der Waals surface area contributed by atoms with E-state index >= 15 is 0 Å². The van der Waals surface area contributed by atoms with E-state index in [1.54, 1.807) is 0 Å². The molecule has 0 atom stereocenters. The topological polar surface area (TPSA) is 38.7 Å². The monoisotopic (exact) mass is 769 g/mol. The fourth-order valence-electron chi connectivity index (χ4n) is 8.27. The molecule has 0 fully saturated rings. The molecule has 9 aromatic carbocycles. The third kappa shape index (κ3) is 6.46. The van der Waals surface area contributed by atoms with Crippen molar-refractivity contribution in [1.29, 1.82) is 0 Å². The van der Waals surface area contributed by atoms with Gasteiger partial charge in [-0.05, 0) is 73.5 Å². The highest BCUT2D eigenvalue weighted by molar-refractivity contribution is 7.26. The van der Waals surface area contributed by atoms with E-state index in [2.05, 4.69) is 206 Å². The summed E-state index contributed by atoms with van der Waals surface area (Å²) in [6.07, 6.45) is 0. The van der Waals surface area contributed by atoms with Gasteiger partial charge in [0.15, 0.2) is 17.5 Å². The first-order valence-electron chi connectivity index (χ1n) is 19.8. The zero-order chi connectivity index (χ0) is 39.1. The molecule has 11 aromatic rings. The molecule has 0 radical (unpaired) electrons. The number of fused-ring (bicyclic) bond motifs is 4. The maximum absolute atomic E-state index is 5.19. The summed E-state index contributed by atoms with van der Waals surface area (Å²) in [6.45, 7) is 0. The number of benzene rings is 9. The van der Waals surface area contributed by atoms with Crippen LogP contribution in [-0.4, -0.2) is 15.0 Å². The van der Waals surface area contributed by atoms with Gasteiger partial charge in [-0.1, -0.05) is 194 Å². The lowest BCUT2D eigenvalue weighted by Crippen LogP contribution is -2.00. The lowest BCUT2D eigenvalue weighted by molar-refractivity contribution is 1.07. The van der Waals surface area contributed by atoms with Crippen molar-refractivity contribution in [3.05, 3.63) is 212 Å². The van der Waals surface area contributed by atoms with Gasteiger partial charge in [-0.2, -0.15) is 0 Å². The van der Waals surface area contributed by atoms with Gasteiger partial charge < -0.3 is 0 Å². The van der Waals surface area contributed by atoms with Crippen LogP contribution in [0.25, 0.3) is 110 Å². The summed E-state index contributed by atoms with van der Waals surface area (Å²) in [6, 6.07) is 75.1. The highest BCUT2D eigenvalue weighted by Gasteiger charge is 2.18. The first-order valence-corrected chi connectivity index (χ1v) is 20.7. The van der Waals surface area contributed by atoms with Crippen LogP contribution in [0.2, 0.25) is 0 Å². The van der Waals surface area contributed by atoms with Crippen molar-refractivity contribution in [1.82, 2.24) is 15.0 Å². The molecule has 3 nitrogen and oxygen atoms in total. The molecule has 276 valence electrons. The Morgan fingerprint density at radius 1 is 0.288 bits per heavy atom. The molecule has 0 unspecified atom stereocenters. The maximum Gasteiger partial charge on any atom is 0.164 e. The van der Waals surface area contributed by atoms with Crippen molar-refractivity contribution < 1.29 is 0 Å². The molecule has 2 aromatic heterocycles. The Hall–Kier alpha value is -7.53.